The summed E-state index contributed by atoms with van der Waals surface area (Å²) in [5.41, 5.74) is 2.84. The number of hydrogen-bond acceptors (Lipinski definition) is 2. The molecule has 22 heavy (non-hydrogen) atoms. The van der Waals surface area contributed by atoms with Crippen molar-refractivity contribution in [2.75, 3.05) is 10.6 Å². The van der Waals surface area contributed by atoms with Gasteiger partial charge in [-0.3, -0.25) is 4.79 Å². The third-order valence-corrected chi connectivity index (χ3v) is 3.87. The minimum absolute atomic E-state index is 0.0455. The van der Waals surface area contributed by atoms with Gasteiger partial charge in [0, 0.05) is 24.3 Å². The molecule has 0 heterocycles. The third kappa shape index (κ3) is 4.93. The van der Waals surface area contributed by atoms with Crippen LogP contribution < -0.4 is 10.6 Å². The molecule has 2 aromatic rings. The second kappa shape index (κ2) is 8.06. The smallest absolute Gasteiger partial charge is 0.224 e. The van der Waals surface area contributed by atoms with Gasteiger partial charge in [-0.15, -0.1) is 0 Å². The van der Waals surface area contributed by atoms with Crippen molar-refractivity contribution in [2.24, 2.45) is 0 Å². The molecule has 1 amide bonds. The predicted octanol–water partition coefficient (Wildman–Crippen LogP) is 5.34. The predicted molar refractivity (Wildman–Crippen MR) is 93.8 cm³/mol. The third-order valence-electron chi connectivity index (χ3n) is 3.13. The molecule has 0 unspecified atom stereocenters. The van der Waals surface area contributed by atoms with Crippen LogP contribution in [0.5, 0.6) is 0 Å². The molecule has 2 rings (SSSR count). The standard InChI is InChI=1S/C17H18Cl2N2O/c1-2-3-17(22)21-13-6-4-12(5-7-13)11-20-14-8-9-15(18)16(19)10-14/h4-10,20H,2-3,11H2,1H3,(H,21,22). The highest BCUT2D eigenvalue weighted by Crippen LogP contribution is 2.25. The van der Waals surface area contributed by atoms with Crippen molar-refractivity contribution in [2.45, 2.75) is 26.3 Å². The zero-order valence-corrected chi connectivity index (χ0v) is 13.8. The van der Waals surface area contributed by atoms with E-state index in [0.29, 0.717) is 23.0 Å². The van der Waals surface area contributed by atoms with Gasteiger partial charge in [0.25, 0.3) is 0 Å². The van der Waals surface area contributed by atoms with Crippen LogP contribution in [0, 0.1) is 0 Å². The molecule has 116 valence electrons. The van der Waals surface area contributed by atoms with Gasteiger partial charge in [-0.05, 0) is 42.3 Å². The van der Waals surface area contributed by atoms with Gasteiger partial charge < -0.3 is 10.6 Å². The highest BCUT2D eigenvalue weighted by molar-refractivity contribution is 6.42. The van der Waals surface area contributed by atoms with Gasteiger partial charge in [0.15, 0.2) is 0 Å². The van der Waals surface area contributed by atoms with Gasteiger partial charge in [0.2, 0.25) is 5.91 Å². The number of nitrogens with one attached hydrogen (secondary N) is 2. The largest absolute Gasteiger partial charge is 0.381 e. The normalized spacial score (nSPS) is 10.3. The molecule has 0 atom stereocenters. The molecule has 0 bridgehead atoms. The van der Waals surface area contributed by atoms with Gasteiger partial charge in [-0.2, -0.15) is 0 Å². The first kappa shape index (κ1) is 16.7. The van der Waals surface area contributed by atoms with E-state index in [1.54, 1.807) is 12.1 Å². The Morgan fingerprint density at radius 3 is 2.32 bits per heavy atom. The fourth-order valence-corrected chi connectivity index (χ4v) is 2.26. The maximum Gasteiger partial charge on any atom is 0.224 e. The molecule has 0 aliphatic rings. The Morgan fingerprint density at radius 1 is 1.00 bits per heavy atom. The van der Waals surface area contributed by atoms with Crippen molar-refractivity contribution in [1.82, 2.24) is 0 Å². The number of rotatable bonds is 6. The van der Waals surface area contributed by atoms with Crippen molar-refractivity contribution in [3.05, 3.63) is 58.1 Å². The molecule has 0 radical (unpaired) electrons. The summed E-state index contributed by atoms with van der Waals surface area (Å²) in [4.78, 5) is 11.5. The summed E-state index contributed by atoms with van der Waals surface area (Å²) in [6.07, 6.45) is 1.39. The fraction of sp³-hybridized carbons (Fsp3) is 0.235. The summed E-state index contributed by atoms with van der Waals surface area (Å²) in [5.74, 6) is 0.0455. The lowest BCUT2D eigenvalue weighted by atomic mass is 10.2. The average molecular weight is 337 g/mol. The minimum atomic E-state index is 0.0455. The maximum absolute atomic E-state index is 11.5. The number of halogens is 2. The van der Waals surface area contributed by atoms with Crippen molar-refractivity contribution < 1.29 is 4.79 Å². The lowest BCUT2D eigenvalue weighted by molar-refractivity contribution is -0.116. The monoisotopic (exact) mass is 336 g/mol. The van der Waals surface area contributed by atoms with E-state index in [1.165, 1.54) is 0 Å². The van der Waals surface area contributed by atoms with E-state index in [9.17, 15) is 4.79 Å². The average Bonchev–Trinajstić information content (AvgIpc) is 2.50. The van der Waals surface area contributed by atoms with E-state index in [4.69, 9.17) is 23.2 Å². The van der Waals surface area contributed by atoms with E-state index in [1.807, 2.05) is 37.3 Å². The van der Waals surface area contributed by atoms with Crippen LogP contribution in [0.25, 0.3) is 0 Å². The second-order valence-corrected chi connectivity index (χ2v) is 5.79. The molecule has 0 aromatic heterocycles. The molecule has 0 saturated heterocycles. The van der Waals surface area contributed by atoms with E-state index in [0.717, 1.165) is 23.4 Å². The zero-order chi connectivity index (χ0) is 15.9. The Hall–Kier alpha value is -1.71. The number of anilines is 2. The molecule has 0 aliphatic carbocycles. The highest BCUT2D eigenvalue weighted by Gasteiger charge is 2.02. The van der Waals surface area contributed by atoms with E-state index >= 15 is 0 Å². The number of benzene rings is 2. The number of amides is 1. The highest BCUT2D eigenvalue weighted by atomic mass is 35.5. The van der Waals surface area contributed by atoms with Crippen LogP contribution in [0.2, 0.25) is 10.0 Å². The van der Waals surface area contributed by atoms with Gasteiger partial charge in [0.1, 0.15) is 0 Å². The SMILES string of the molecule is CCCC(=O)Nc1ccc(CNc2ccc(Cl)c(Cl)c2)cc1. The molecule has 2 N–H and O–H groups in total. The first-order valence-corrected chi connectivity index (χ1v) is 7.92. The lowest BCUT2D eigenvalue weighted by Gasteiger charge is -2.09. The zero-order valence-electron chi connectivity index (χ0n) is 12.3. The minimum Gasteiger partial charge on any atom is -0.381 e. The molecular formula is C17H18Cl2N2O. The molecule has 3 nitrogen and oxygen atoms in total. The summed E-state index contributed by atoms with van der Waals surface area (Å²) < 4.78 is 0. The van der Waals surface area contributed by atoms with Crippen molar-refractivity contribution in [1.29, 1.82) is 0 Å². The quantitative estimate of drug-likeness (QED) is 0.747. The van der Waals surface area contributed by atoms with E-state index < -0.39 is 0 Å². The van der Waals surface area contributed by atoms with Crippen LogP contribution in [0.1, 0.15) is 25.3 Å². The van der Waals surface area contributed by atoms with Crippen molar-refractivity contribution >= 4 is 40.5 Å². The lowest BCUT2D eigenvalue weighted by Crippen LogP contribution is -2.10. The molecule has 0 saturated carbocycles. The van der Waals surface area contributed by atoms with Gasteiger partial charge >= 0.3 is 0 Å². The molecule has 0 aliphatic heterocycles. The van der Waals surface area contributed by atoms with Crippen molar-refractivity contribution in [3.63, 3.8) is 0 Å². The summed E-state index contributed by atoms with van der Waals surface area (Å²) in [6.45, 7) is 2.65. The number of carbonyl (C=O) groups excluding carboxylic acids is 1. The second-order valence-electron chi connectivity index (χ2n) is 4.98. The Labute approximate surface area is 140 Å². The van der Waals surface area contributed by atoms with Crippen LogP contribution in [-0.4, -0.2) is 5.91 Å². The Balaban J connectivity index is 1.91. The summed E-state index contributed by atoms with van der Waals surface area (Å²) in [5, 5.41) is 7.21. The van der Waals surface area contributed by atoms with Crippen LogP contribution in [0.3, 0.4) is 0 Å². The number of carbonyl (C=O) groups is 1. The molecule has 5 heteroatoms. The Morgan fingerprint density at radius 2 is 1.68 bits per heavy atom. The first-order chi connectivity index (χ1) is 10.6. The molecule has 0 spiro atoms. The van der Waals surface area contributed by atoms with Crippen molar-refractivity contribution in [3.8, 4) is 0 Å². The number of hydrogen-bond donors (Lipinski definition) is 2. The van der Waals surface area contributed by atoms with Crippen LogP contribution >= 0.6 is 23.2 Å². The molecular weight excluding hydrogens is 319 g/mol. The summed E-state index contributed by atoms with van der Waals surface area (Å²) >= 11 is 11.9. The van der Waals surface area contributed by atoms with Crippen LogP contribution in [0.4, 0.5) is 11.4 Å². The Bertz CT molecular complexity index is 642. The van der Waals surface area contributed by atoms with Gasteiger partial charge in [0.05, 0.1) is 10.0 Å². The fourth-order valence-electron chi connectivity index (χ4n) is 1.97. The molecule has 2 aromatic carbocycles. The summed E-state index contributed by atoms with van der Waals surface area (Å²) in [7, 11) is 0. The van der Waals surface area contributed by atoms with E-state index in [2.05, 4.69) is 10.6 Å². The topological polar surface area (TPSA) is 41.1 Å². The van der Waals surface area contributed by atoms with Gasteiger partial charge in [-0.25, -0.2) is 0 Å². The maximum atomic E-state index is 11.5. The Kier molecular flexibility index (Phi) is 6.10. The first-order valence-electron chi connectivity index (χ1n) is 7.16. The van der Waals surface area contributed by atoms with Crippen LogP contribution in [0.15, 0.2) is 42.5 Å². The molecule has 0 fully saturated rings. The van der Waals surface area contributed by atoms with E-state index in [-0.39, 0.29) is 5.91 Å². The van der Waals surface area contributed by atoms with Gasteiger partial charge in [-0.1, -0.05) is 42.3 Å². The summed E-state index contributed by atoms with van der Waals surface area (Å²) in [6, 6.07) is 13.2. The van der Waals surface area contributed by atoms with Crippen LogP contribution in [-0.2, 0) is 11.3 Å².